The van der Waals surface area contributed by atoms with Crippen molar-refractivity contribution < 1.29 is 14.3 Å². The molecule has 0 fully saturated rings. The molecule has 1 aliphatic rings. The number of Topliss-reactive ketones (excluding diaryl/α,β-unsaturated/α-hetero) is 1. The summed E-state index contributed by atoms with van der Waals surface area (Å²) < 4.78 is 5.48. The quantitative estimate of drug-likeness (QED) is 0.868. The lowest BCUT2D eigenvalue weighted by Crippen LogP contribution is -2.30. The lowest BCUT2D eigenvalue weighted by molar-refractivity contribution is -0.122. The molecular weight excluding hydrogens is 337 g/mol. The third-order valence-corrected chi connectivity index (χ3v) is 5.42. The van der Waals surface area contributed by atoms with Crippen molar-refractivity contribution in [1.29, 1.82) is 0 Å². The van der Waals surface area contributed by atoms with Crippen molar-refractivity contribution in [2.45, 2.75) is 34.1 Å². The van der Waals surface area contributed by atoms with Crippen LogP contribution in [0, 0.1) is 11.3 Å². The van der Waals surface area contributed by atoms with Crippen LogP contribution in [0.3, 0.4) is 0 Å². The molecule has 0 heterocycles. The van der Waals surface area contributed by atoms with E-state index >= 15 is 0 Å². The van der Waals surface area contributed by atoms with Crippen LogP contribution in [0.4, 0.5) is 0 Å². The number of hydrogen-bond acceptors (Lipinski definition) is 3. The number of amides is 1. The van der Waals surface area contributed by atoms with Crippen LogP contribution in [-0.2, 0) is 11.2 Å². The fourth-order valence-corrected chi connectivity index (χ4v) is 3.27. The van der Waals surface area contributed by atoms with E-state index in [1.54, 1.807) is 6.07 Å². The molecule has 0 saturated carbocycles. The number of halogens is 2. The molecule has 1 atom stereocenters. The SMILES string of the molecule is CCNC(=O)COc1cc2c(c(Cl)c1Cl)C(=O)C(C)(C(C)C)C2. The van der Waals surface area contributed by atoms with Gasteiger partial charge >= 0.3 is 0 Å². The van der Waals surface area contributed by atoms with E-state index < -0.39 is 5.41 Å². The summed E-state index contributed by atoms with van der Waals surface area (Å²) in [6.45, 7) is 8.20. The lowest BCUT2D eigenvalue weighted by atomic mass is 9.76. The Hall–Kier alpha value is -1.26. The van der Waals surface area contributed by atoms with Crippen molar-refractivity contribution in [3.63, 3.8) is 0 Å². The highest BCUT2D eigenvalue weighted by Crippen LogP contribution is 2.48. The van der Waals surface area contributed by atoms with Crippen LogP contribution < -0.4 is 10.1 Å². The van der Waals surface area contributed by atoms with E-state index in [1.165, 1.54) is 0 Å². The van der Waals surface area contributed by atoms with E-state index in [4.69, 9.17) is 27.9 Å². The molecule has 4 nitrogen and oxygen atoms in total. The van der Waals surface area contributed by atoms with Crippen LogP contribution in [-0.4, -0.2) is 24.8 Å². The van der Waals surface area contributed by atoms with Crippen molar-refractivity contribution in [2.75, 3.05) is 13.2 Å². The maximum Gasteiger partial charge on any atom is 0.257 e. The Kier molecular flexibility index (Phi) is 5.27. The highest BCUT2D eigenvalue weighted by molar-refractivity contribution is 6.45. The van der Waals surface area contributed by atoms with Crippen LogP contribution in [0.25, 0.3) is 0 Å². The van der Waals surface area contributed by atoms with Crippen molar-refractivity contribution in [1.82, 2.24) is 5.32 Å². The third kappa shape index (κ3) is 3.20. The molecule has 2 rings (SSSR count). The minimum atomic E-state index is -0.493. The van der Waals surface area contributed by atoms with E-state index in [0.717, 1.165) is 5.56 Å². The highest BCUT2D eigenvalue weighted by Gasteiger charge is 2.45. The Morgan fingerprint density at radius 2 is 2.04 bits per heavy atom. The fraction of sp³-hybridized carbons (Fsp3) is 0.529. The molecule has 0 radical (unpaired) electrons. The minimum absolute atomic E-state index is 0.0182. The second kappa shape index (κ2) is 6.70. The zero-order valence-electron chi connectivity index (χ0n) is 13.8. The second-order valence-electron chi connectivity index (χ2n) is 6.36. The lowest BCUT2D eigenvalue weighted by Gasteiger charge is -2.26. The molecule has 0 aliphatic heterocycles. The van der Waals surface area contributed by atoms with Gasteiger partial charge in [0.05, 0.1) is 5.02 Å². The number of carbonyl (C=O) groups is 2. The van der Waals surface area contributed by atoms with Crippen molar-refractivity contribution in [2.24, 2.45) is 11.3 Å². The summed E-state index contributed by atoms with van der Waals surface area (Å²) in [6.07, 6.45) is 0.591. The van der Waals surface area contributed by atoms with Gasteiger partial charge in [-0.3, -0.25) is 9.59 Å². The molecule has 23 heavy (non-hydrogen) atoms. The molecule has 0 bridgehead atoms. The van der Waals surface area contributed by atoms with Gasteiger partial charge in [0, 0.05) is 17.5 Å². The Morgan fingerprint density at radius 3 is 2.61 bits per heavy atom. The van der Waals surface area contributed by atoms with E-state index in [0.29, 0.717) is 24.3 Å². The van der Waals surface area contributed by atoms with Crippen molar-refractivity contribution >= 4 is 34.9 Å². The summed E-state index contributed by atoms with van der Waals surface area (Å²) in [7, 11) is 0. The number of nitrogens with one attached hydrogen (secondary N) is 1. The summed E-state index contributed by atoms with van der Waals surface area (Å²) in [5.41, 5.74) is 0.817. The summed E-state index contributed by atoms with van der Waals surface area (Å²) in [6, 6.07) is 1.73. The molecule has 1 aliphatic carbocycles. The summed E-state index contributed by atoms with van der Waals surface area (Å²) >= 11 is 12.5. The highest BCUT2D eigenvalue weighted by atomic mass is 35.5. The van der Waals surface area contributed by atoms with Gasteiger partial charge in [0.25, 0.3) is 5.91 Å². The smallest absolute Gasteiger partial charge is 0.257 e. The number of benzene rings is 1. The average Bonchev–Trinajstić information content (AvgIpc) is 2.74. The first-order chi connectivity index (χ1) is 10.7. The van der Waals surface area contributed by atoms with Crippen LogP contribution in [0.2, 0.25) is 10.0 Å². The molecule has 6 heteroatoms. The number of likely N-dealkylation sites (N-methyl/N-ethyl adjacent to an activating group) is 1. The topological polar surface area (TPSA) is 55.4 Å². The number of ether oxygens (including phenoxy) is 1. The maximum absolute atomic E-state index is 12.7. The van der Waals surface area contributed by atoms with Crippen molar-refractivity contribution in [3.05, 3.63) is 27.2 Å². The van der Waals surface area contributed by atoms with Gasteiger partial charge in [-0.05, 0) is 30.9 Å². The zero-order valence-corrected chi connectivity index (χ0v) is 15.3. The van der Waals surface area contributed by atoms with Crippen LogP contribution in [0.1, 0.15) is 43.6 Å². The standard InChI is InChI=1S/C17H21Cl2NO3/c1-5-20-12(21)8-23-11-6-10-7-17(4,9(2)3)16(22)13(10)15(19)14(11)18/h6,9H,5,7-8H2,1-4H3,(H,20,21). The first-order valence-corrected chi connectivity index (χ1v) is 8.43. The van der Waals surface area contributed by atoms with Gasteiger partial charge in [-0.15, -0.1) is 0 Å². The first kappa shape index (κ1) is 18.1. The number of ketones is 1. The van der Waals surface area contributed by atoms with E-state index in [-0.39, 0.29) is 34.3 Å². The van der Waals surface area contributed by atoms with Gasteiger partial charge in [-0.25, -0.2) is 0 Å². The maximum atomic E-state index is 12.7. The van der Waals surface area contributed by atoms with Gasteiger partial charge in [-0.2, -0.15) is 0 Å². The van der Waals surface area contributed by atoms with Gasteiger partial charge < -0.3 is 10.1 Å². The van der Waals surface area contributed by atoms with Crippen LogP contribution in [0.15, 0.2) is 6.07 Å². The normalized spacial score (nSPS) is 19.9. The molecule has 1 aromatic carbocycles. The van der Waals surface area contributed by atoms with E-state index in [9.17, 15) is 9.59 Å². The first-order valence-electron chi connectivity index (χ1n) is 7.67. The Morgan fingerprint density at radius 1 is 1.39 bits per heavy atom. The zero-order chi connectivity index (χ0) is 17.4. The minimum Gasteiger partial charge on any atom is -0.482 e. The Bertz CT molecular complexity index is 658. The number of hydrogen-bond donors (Lipinski definition) is 1. The molecular formula is C17H21Cl2NO3. The summed E-state index contributed by atoms with van der Waals surface area (Å²) in [5, 5.41) is 3.03. The predicted molar refractivity (Wildman–Crippen MR) is 91.6 cm³/mol. The molecule has 0 spiro atoms. The van der Waals surface area contributed by atoms with Gasteiger partial charge in [-0.1, -0.05) is 44.0 Å². The fourth-order valence-electron chi connectivity index (χ4n) is 2.76. The largest absolute Gasteiger partial charge is 0.482 e. The molecule has 1 aromatic rings. The molecule has 126 valence electrons. The predicted octanol–water partition coefficient (Wildman–Crippen LogP) is 3.91. The van der Waals surface area contributed by atoms with Crippen LogP contribution >= 0.6 is 23.2 Å². The number of rotatable bonds is 5. The number of carbonyl (C=O) groups excluding carboxylic acids is 2. The van der Waals surface area contributed by atoms with Gasteiger partial charge in [0.1, 0.15) is 10.8 Å². The van der Waals surface area contributed by atoms with E-state index in [1.807, 2.05) is 27.7 Å². The summed E-state index contributed by atoms with van der Waals surface area (Å²) in [4.78, 5) is 24.3. The van der Waals surface area contributed by atoms with Crippen LogP contribution in [0.5, 0.6) is 5.75 Å². The molecule has 0 saturated heterocycles. The monoisotopic (exact) mass is 357 g/mol. The molecule has 1 amide bonds. The van der Waals surface area contributed by atoms with Gasteiger partial charge in [0.15, 0.2) is 12.4 Å². The average molecular weight is 358 g/mol. The second-order valence-corrected chi connectivity index (χ2v) is 7.11. The third-order valence-electron chi connectivity index (χ3n) is 4.57. The van der Waals surface area contributed by atoms with Gasteiger partial charge in [0.2, 0.25) is 0 Å². The summed E-state index contributed by atoms with van der Waals surface area (Å²) in [5.74, 6) is 0.298. The van der Waals surface area contributed by atoms with Crippen molar-refractivity contribution in [3.8, 4) is 5.75 Å². The number of fused-ring (bicyclic) bond motifs is 1. The molecule has 1 unspecified atom stereocenters. The van der Waals surface area contributed by atoms with E-state index in [2.05, 4.69) is 5.32 Å². The Balaban J connectivity index is 2.34. The molecule has 0 aromatic heterocycles. The molecule has 1 N–H and O–H groups in total. The Labute approximate surface area is 146 Å².